The highest BCUT2D eigenvalue weighted by atomic mass is 35.5. The third-order valence-corrected chi connectivity index (χ3v) is 1.51. The Kier molecular flexibility index (Phi) is 2.70. The summed E-state index contributed by atoms with van der Waals surface area (Å²) in [7, 11) is 0. The first-order chi connectivity index (χ1) is 5.65. The fourth-order valence-corrected chi connectivity index (χ4v) is 1.10. The van der Waals surface area contributed by atoms with E-state index in [0.29, 0.717) is 18.2 Å². The molecule has 0 radical (unpaired) electrons. The predicted molar refractivity (Wildman–Crippen MR) is 47.4 cm³/mol. The Balaban J connectivity index is 3.10. The molecule has 1 rings (SSSR count). The van der Waals surface area contributed by atoms with Gasteiger partial charge in [0.1, 0.15) is 5.82 Å². The van der Waals surface area contributed by atoms with Crippen molar-refractivity contribution in [3.63, 3.8) is 0 Å². The average molecular weight is 188 g/mol. The minimum atomic E-state index is 0.266. The summed E-state index contributed by atoms with van der Waals surface area (Å²) in [5.41, 5.74) is 5.55. The highest BCUT2D eigenvalue weighted by Crippen LogP contribution is 2.27. The monoisotopic (exact) mass is 187 g/mol. The second kappa shape index (κ2) is 3.58. The van der Waals surface area contributed by atoms with Crippen molar-refractivity contribution in [1.29, 1.82) is 0 Å². The van der Waals surface area contributed by atoms with Crippen molar-refractivity contribution in [2.45, 2.75) is 13.8 Å². The summed E-state index contributed by atoms with van der Waals surface area (Å²) in [6.45, 7) is 4.06. The van der Waals surface area contributed by atoms with Gasteiger partial charge < -0.3 is 10.5 Å². The lowest BCUT2D eigenvalue weighted by molar-refractivity contribution is 0.339. The molecule has 0 amide bonds. The normalized spacial score (nSPS) is 9.92. The molecule has 66 valence electrons. The second-order valence-corrected chi connectivity index (χ2v) is 2.57. The predicted octanol–water partition coefficient (Wildman–Crippen LogP) is 1.42. The van der Waals surface area contributed by atoms with E-state index in [1.165, 1.54) is 0 Å². The Hall–Kier alpha value is -1.03. The van der Waals surface area contributed by atoms with Crippen LogP contribution >= 0.6 is 11.6 Å². The van der Waals surface area contributed by atoms with Gasteiger partial charge in [0.25, 0.3) is 0 Å². The molecule has 12 heavy (non-hydrogen) atoms. The van der Waals surface area contributed by atoms with Crippen LogP contribution in [0.15, 0.2) is 0 Å². The number of halogens is 1. The summed E-state index contributed by atoms with van der Waals surface area (Å²) in [6, 6.07) is 0. The van der Waals surface area contributed by atoms with Gasteiger partial charge in [-0.25, -0.2) is 9.97 Å². The molecule has 0 saturated heterocycles. The molecule has 1 heterocycles. The Bertz CT molecular complexity index is 267. The molecule has 0 spiro atoms. The van der Waals surface area contributed by atoms with E-state index in [9.17, 15) is 0 Å². The van der Waals surface area contributed by atoms with Crippen LogP contribution in [0.1, 0.15) is 12.7 Å². The van der Waals surface area contributed by atoms with E-state index < -0.39 is 0 Å². The number of aromatic nitrogens is 2. The fourth-order valence-electron chi connectivity index (χ4n) is 0.826. The molecule has 0 aliphatic carbocycles. The molecule has 4 nitrogen and oxygen atoms in total. The third kappa shape index (κ3) is 1.76. The third-order valence-electron chi connectivity index (χ3n) is 1.25. The van der Waals surface area contributed by atoms with Gasteiger partial charge in [-0.15, -0.1) is 0 Å². The number of nitrogens with zero attached hydrogens (tertiary/aromatic N) is 2. The van der Waals surface area contributed by atoms with Crippen molar-refractivity contribution >= 4 is 17.4 Å². The molecule has 1 aromatic rings. The Morgan fingerprint density at radius 2 is 2.17 bits per heavy atom. The van der Waals surface area contributed by atoms with Crippen LogP contribution in [-0.4, -0.2) is 16.6 Å². The molecule has 0 unspecified atom stereocenters. The first-order valence-electron chi connectivity index (χ1n) is 3.57. The van der Waals surface area contributed by atoms with Gasteiger partial charge in [-0.1, -0.05) is 11.6 Å². The van der Waals surface area contributed by atoms with Crippen molar-refractivity contribution in [3.05, 3.63) is 11.0 Å². The number of hydrogen-bond acceptors (Lipinski definition) is 4. The lowest BCUT2D eigenvalue weighted by atomic mass is 10.5. The van der Waals surface area contributed by atoms with Gasteiger partial charge in [-0.2, -0.15) is 0 Å². The summed E-state index contributed by atoms with van der Waals surface area (Å²) in [4.78, 5) is 7.81. The van der Waals surface area contributed by atoms with Crippen LogP contribution in [0, 0.1) is 6.92 Å². The zero-order chi connectivity index (χ0) is 9.14. The lowest BCUT2D eigenvalue weighted by Gasteiger charge is -2.07. The highest BCUT2D eigenvalue weighted by molar-refractivity contribution is 6.31. The van der Waals surface area contributed by atoms with E-state index in [2.05, 4.69) is 9.97 Å². The summed E-state index contributed by atoms with van der Waals surface area (Å²) in [5.74, 6) is 1.19. The van der Waals surface area contributed by atoms with Crippen molar-refractivity contribution in [2.75, 3.05) is 12.3 Å². The summed E-state index contributed by atoms with van der Waals surface area (Å²) in [5, 5.41) is 0.266. The zero-order valence-corrected chi connectivity index (χ0v) is 7.72. The molecule has 2 N–H and O–H groups in total. The fraction of sp³-hybridized carbons (Fsp3) is 0.429. The maximum atomic E-state index is 5.76. The number of ether oxygens (including phenoxy) is 1. The van der Waals surface area contributed by atoms with Gasteiger partial charge in [0.2, 0.25) is 0 Å². The van der Waals surface area contributed by atoms with Crippen LogP contribution in [0.5, 0.6) is 5.75 Å². The molecule has 0 atom stereocenters. The molecule has 1 aromatic heterocycles. The molecule has 0 aromatic carbocycles. The van der Waals surface area contributed by atoms with E-state index >= 15 is 0 Å². The number of anilines is 1. The van der Waals surface area contributed by atoms with E-state index in [4.69, 9.17) is 22.1 Å². The minimum absolute atomic E-state index is 0.266. The molecule has 0 aliphatic rings. The van der Waals surface area contributed by atoms with E-state index in [-0.39, 0.29) is 11.0 Å². The quantitative estimate of drug-likeness (QED) is 0.712. The average Bonchev–Trinajstić information content (AvgIpc) is 1.96. The molecule has 0 saturated carbocycles. The minimum Gasteiger partial charge on any atom is -0.487 e. The maximum absolute atomic E-state index is 5.76. The van der Waals surface area contributed by atoms with Crippen LogP contribution in [0.25, 0.3) is 0 Å². The number of rotatable bonds is 2. The van der Waals surface area contributed by atoms with E-state index in [1.54, 1.807) is 6.92 Å². The lowest BCUT2D eigenvalue weighted by Crippen LogP contribution is -2.03. The van der Waals surface area contributed by atoms with Gasteiger partial charge in [0.15, 0.2) is 16.7 Å². The van der Waals surface area contributed by atoms with Crippen molar-refractivity contribution in [2.24, 2.45) is 0 Å². The molecule has 0 aliphatic heterocycles. The Morgan fingerprint density at radius 3 is 2.67 bits per heavy atom. The Labute approximate surface area is 75.7 Å². The highest BCUT2D eigenvalue weighted by Gasteiger charge is 2.08. The van der Waals surface area contributed by atoms with Crippen LogP contribution < -0.4 is 10.5 Å². The smallest absolute Gasteiger partial charge is 0.198 e. The summed E-state index contributed by atoms with van der Waals surface area (Å²) < 4.78 is 5.14. The molecular formula is C7H10ClN3O. The van der Waals surface area contributed by atoms with Crippen molar-refractivity contribution in [1.82, 2.24) is 9.97 Å². The van der Waals surface area contributed by atoms with Crippen LogP contribution in [-0.2, 0) is 0 Å². The van der Waals surface area contributed by atoms with Crippen molar-refractivity contribution < 1.29 is 4.74 Å². The number of hydrogen-bond donors (Lipinski definition) is 1. The van der Waals surface area contributed by atoms with Crippen LogP contribution in [0.2, 0.25) is 5.15 Å². The molecule has 5 heteroatoms. The number of nitrogen functional groups attached to an aromatic ring is 1. The van der Waals surface area contributed by atoms with Gasteiger partial charge in [0, 0.05) is 0 Å². The zero-order valence-electron chi connectivity index (χ0n) is 6.97. The molecule has 0 fully saturated rings. The van der Waals surface area contributed by atoms with Gasteiger partial charge in [-0.05, 0) is 13.8 Å². The van der Waals surface area contributed by atoms with Crippen molar-refractivity contribution in [3.8, 4) is 5.75 Å². The van der Waals surface area contributed by atoms with Crippen LogP contribution in [0.4, 0.5) is 5.82 Å². The van der Waals surface area contributed by atoms with Crippen LogP contribution in [0.3, 0.4) is 0 Å². The van der Waals surface area contributed by atoms with Gasteiger partial charge in [-0.3, -0.25) is 0 Å². The Morgan fingerprint density at radius 1 is 1.50 bits per heavy atom. The first kappa shape index (κ1) is 9.06. The van der Waals surface area contributed by atoms with E-state index in [0.717, 1.165) is 0 Å². The van der Waals surface area contributed by atoms with Gasteiger partial charge in [0.05, 0.1) is 6.61 Å². The number of nitrogens with two attached hydrogens (primary N) is 1. The topological polar surface area (TPSA) is 61.0 Å². The summed E-state index contributed by atoms with van der Waals surface area (Å²) >= 11 is 5.76. The molecule has 0 bridgehead atoms. The first-order valence-corrected chi connectivity index (χ1v) is 3.95. The van der Waals surface area contributed by atoms with Gasteiger partial charge >= 0.3 is 0 Å². The second-order valence-electron chi connectivity index (χ2n) is 2.21. The SMILES string of the molecule is CCOc1c(N)nc(C)nc1Cl. The largest absolute Gasteiger partial charge is 0.487 e. The molecular weight excluding hydrogens is 178 g/mol. The maximum Gasteiger partial charge on any atom is 0.198 e. The summed E-state index contributed by atoms with van der Waals surface area (Å²) in [6.07, 6.45) is 0. The standard InChI is InChI=1S/C7H10ClN3O/c1-3-12-5-6(8)10-4(2)11-7(5)9/h3H2,1-2H3,(H2,9,10,11). The van der Waals surface area contributed by atoms with E-state index in [1.807, 2.05) is 6.92 Å². The number of aryl methyl sites for hydroxylation is 1.